The van der Waals surface area contributed by atoms with E-state index in [-0.39, 0.29) is 18.0 Å². The molecule has 0 radical (unpaired) electrons. The molecule has 94 valence electrons. The fourth-order valence-electron chi connectivity index (χ4n) is 2.89. The largest absolute Gasteiger partial charge is 0.496 e. The van der Waals surface area contributed by atoms with Gasteiger partial charge >= 0.3 is 0 Å². The fraction of sp³-hybridized carbons (Fsp3) is 0.538. The van der Waals surface area contributed by atoms with Crippen LogP contribution in [-0.2, 0) is 11.3 Å². The van der Waals surface area contributed by atoms with Gasteiger partial charge in [0.25, 0.3) is 0 Å². The monoisotopic (exact) mass is 255 g/mol. The van der Waals surface area contributed by atoms with E-state index in [1.165, 1.54) is 11.1 Å². The van der Waals surface area contributed by atoms with Crippen molar-refractivity contribution in [3.8, 4) is 5.75 Å². The van der Waals surface area contributed by atoms with Gasteiger partial charge in [0.05, 0.1) is 19.3 Å². The lowest BCUT2D eigenvalue weighted by Gasteiger charge is -2.37. The Balaban J connectivity index is 0.00000108. The Labute approximate surface area is 108 Å². The molecule has 0 amide bonds. The number of rotatable bonds is 1. The second kappa shape index (κ2) is 4.48. The van der Waals surface area contributed by atoms with Gasteiger partial charge < -0.3 is 14.8 Å². The highest BCUT2D eigenvalue weighted by Crippen LogP contribution is 2.43. The lowest BCUT2D eigenvalue weighted by Crippen LogP contribution is -2.39. The average Bonchev–Trinajstić information content (AvgIpc) is 2.70. The smallest absolute Gasteiger partial charge is 0.124 e. The van der Waals surface area contributed by atoms with E-state index in [0.29, 0.717) is 12.5 Å². The van der Waals surface area contributed by atoms with Crippen LogP contribution in [0.15, 0.2) is 18.2 Å². The van der Waals surface area contributed by atoms with Gasteiger partial charge in [0.1, 0.15) is 5.75 Å². The number of hydrogen-bond acceptors (Lipinski definition) is 3. The number of nitrogens with one attached hydrogen (secondary N) is 1. The van der Waals surface area contributed by atoms with Crippen LogP contribution in [-0.4, -0.2) is 25.8 Å². The maximum atomic E-state index is 6.02. The van der Waals surface area contributed by atoms with Gasteiger partial charge in [0.2, 0.25) is 0 Å². The molecule has 3 rings (SSSR count). The lowest BCUT2D eigenvalue weighted by atomic mass is 9.81. The lowest BCUT2D eigenvalue weighted by molar-refractivity contribution is -0.0525. The van der Waals surface area contributed by atoms with Gasteiger partial charge in [-0.1, -0.05) is 12.1 Å². The SMILES string of the molecule is COc1cccc2c1CO[C@@]1(C)CNC[C@H]21.Cl. The minimum absolute atomic E-state index is 0. The van der Waals surface area contributed by atoms with Crippen LogP contribution in [0.2, 0.25) is 0 Å². The molecule has 0 bridgehead atoms. The summed E-state index contributed by atoms with van der Waals surface area (Å²) in [6, 6.07) is 6.28. The average molecular weight is 256 g/mol. The molecule has 0 unspecified atom stereocenters. The van der Waals surface area contributed by atoms with Gasteiger partial charge in [-0.05, 0) is 18.6 Å². The van der Waals surface area contributed by atoms with Gasteiger partial charge in [-0.25, -0.2) is 0 Å². The summed E-state index contributed by atoms with van der Waals surface area (Å²) >= 11 is 0. The van der Waals surface area contributed by atoms with E-state index in [4.69, 9.17) is 9.47 Å². The third-order valence-corrected chi connectivity index (χ3v) is 3.87. The highest BCUT2D eigenvalue weighted by Gasteiger charge is 2.44. The summed E-state index contributed by atoms with van der Waals surface area (Å²) in [6.45, 7) is 4.79. The predicted molar refractivity (Wildman–Crippen MR) is 69.0 cm³/mol. The molecular formula is C13H18ClNO2. The van der Waals surface area contributed by atoms with Crippen LogP contribution in [0, 0.1) is 0 Å². The molecule has 1 fully saturated rings. The minimum Gasteiger partial charge on any atom is -0.496 e. The third-order valence-electron chi connectivity index (χ3n) is 3.87. The summed E-state index contributed by atoms with van der Waals surface area (Å²) < 4.78 is 11.4. The quantitative estimate of drug-likeness (QED) is 0.834. The van der Waals surface area contributed by atoms with Gasteiger partial charge in [0, 0.05) is 24.6 Å². The molecule has 2 aliphatic rings. The van der Waals surface area contributed by atoms with Crippen molar-refractivity contribution in [3.05, 3.63) is 29.3 Å². The number of ether oxygens (including phenoxy) is 2. The molecule has 1 aromatic carbocycles. The zero-order chi connectivity index (χ0) is 11.2. The highest BCUT2D eigenvalue weighted by atomic mass is 35.5. The van der Waals surface area contributed by atoms with E-state index in [1.54, 1.807) is 7.11 Å². The van der Waals surface area contributed by atoms with E-state index < -0.39 is 0 Å². The van der Waals surface area contributed by atoms with Crippen LogP contribution >= 0.6 is 12.4 Å². The Morgan fingerprint density at radius 3 is 3.06 bits per heavy atom. The van der Waals surface area contributed by atoms with Gasteiger partial charge in [-0.15, -0.1) is 12.4 Å². The summed E-state index contributed by atoms with van der Waals surface area (Å²) in [5.74, 6) is 1.40. The van der Waals surface area contributed by atoms with Crippen molar-refractivity contribution in [2.75, 3.05) is 20.2 Å². The maximum absolute atomic E-state index is 6.02. The van der Waals surface area contributed by atoms with E-state index in [0.717, 1.165) is 18.8 Å². The molecule has 2 aliphatic heterocycles. The van der Waals surface area contributed by atoms with Crippen LogP contribution < -0.4 is 10.1 Å². The van der Waals surface area contributed by atoms with Crippen molar-refractivity contribution in [2.24, 2.45) is 0 Å². The van der Waals surface area contributed by atoms with Crippen LogP contribution in [0.4, 0.5) is 0 Å². The van der Waals surface area contributed by atoms with Crippen molar-refractivity contribution in [2.45, 2.75) is 25.0 Å². The van der Waals surface area contributed by atoms with Crippen LogP contribution in [0.5, 0.6) is 5.75 Å². The molecule has 2 atom stereocenters. The van der Waals surface area contributed by atoms with Gasteiger partial charge in [0.15, 0.2) is 0 Å². The molecule has 2 heterocycles. The van der Waals surface area contributed by atoms with E-state index in [9.17, 15) is 0 Å². The van der Waals surface area contributed by atoms with Crippen molar-refractivity contribution < 1.29 is 9.47 Å². The summed E-state index contributed by atoms with van der Waals surface area (Å²) in [7, 11) is 1.72. The first-order chi connectivity index (χ1) is 7.74. The third kappa shape index (κ3) is 1.82. The van der Waals surface area contributed by atoms with Crippen molar-refractivity contribution in [1.29, 1.82) is 0 Å². The molecule has 3 nitrogen and oxygen atoms in total. The van der Waals surface area contributed by atoms with Crippen LogP contribution in [0.3, 0.4) is 0 Å². The first kappa shape index (κ1) is 12.7. The summed E-state index contributed by atoms with van der Waals surface area (Å²) in [6.07, 6.45) is 0. The van der Waals surface area contributed by atoms with E-state index >= 15 is 0 Å². The summed E-state index contributed by atoms with van der Waals surface area (Å²) in [5.41, 5.74) is 2.56. The topological polar surface area (TPSA) is 30.5 Å². The first-order valence-electron chi connectivity index (χ1n) is 5.75. The Bertz CT molecular complexity index is 424. The molecule has 1 saturated heterocycles. The van der Waals surface area contributed by atoms with E-state index in [2.05, 4.69) is 24.4 Å². The normalized spacial score (nSPS) is 30.1. The maximum Gasteiger partial charge on any atom is 0.124 e. The molecule has 1 N–H and O–H groups in total. The summed E-state index contributed by atoms with van der Waals surface area (Å²) in [4.78, 5) is 0. The second-order valence-electron chi connectivity index (χ2n) is 4.81. The highest BCUT2D eigenvalue weighted by molar-refractivity contribution is 5.85. The number of fused-ring (bicyclic) bond motifs is 3. The molecule has 0 spiro atoms. The van der Waals surface area contributed by atoms with Crippen molar-refractivity contribution in [1.82, 2.24) is 5.32 Å². The number of methoxy groups -OCH3 is 1. The number of benzene rings is 1. The minimum atomic E-state index is -0.0423. The van der Waals surface area contributed by atoms with E-state index in [1.807, 2.05) is 6.07 Å². The second-order valence-corrected chi connectivity index (χ2v) is 4.81. The van der Waals surface area contributed by atoms with Crippen molar-refractivity contribution in [3.63, 3.8) is 0 Å². The Hall–Kier alpha value is -0.770. The number of halogens is 1. The zero-order valence-electron chi connectivity index (χ0n) is 10.2. The Morgan fingerprint density at radius 1 is 1.47 bits per heavy atom. The summed E-state index contributed by atoms with van der Waals surface area (Å²) in [5, 5.41) is 3.42. The molecule has 4 heteroatoms. The van der Waals surface area contributed by atoms with Crippen molar-refractivity contribution >= 4 is 12.4 Å². The Morgan fingerprint density at radius 2 is 2.29 bits per heavy atom. The number of hydrogen-bond donors (Lipinski definition) is 1. The van der Waals surface area contributed by atoms with Crippen LogP contribution in [0.25, 0.3) is 0 Å². The van der Waals surface area contributed by atoms with Gasteiger partial charge in [-0.2, -0.15) is 0 Å². The van der Waals surface area contributed by atoms with Gasteiger partial charge in [-0.3, -0.25) is 0 Å². The Kier molecular flexibility index (Phi) is 3.34. The molecule has 17 heavy (non-hydrogen) atoms. The molecule has 0 saturated carbocycles. The standard InChI is InChI=1S/C13H17NO2.ClH/c1-13-8-14-6-11(13)9-4-3-5-12(15-2)10(9)7-16-13;/h3-5,11,14H,6-8H2,1-2H3;1H/t11-,13+;/m1./s1. The fourth-order valence-corrected chi connectivity index (χ4v) is 2.89. The molecule has 0 aromatic heterocycles. The van der Waals surface area contributed by atoms with Crippen LogP contribution in [0.1, 0.15) is 24.0 Å². The predicted octanol–water partition coefficient (Wildman–Crippen LogP) is 2.09. The molecule has 1 aromatic rings. The molecule has 0 aliphatic carbocycles. The zero-order valence-corrected chi connectivity index (χ0v) is 11.0. The molecular weight excluding hydrogens is 238 g/mol. The first-order valence-corrected chi connectivity index (χ1v) is 5.75.